The van der Waals surface area contributed by atoms with Crippen LogP contribution in [0.1, 0.15) is 75.1 Å². The fourth-order valence-electron chi connectivity index (χ4n) is 7.23. The third-order valence-corrected chi connectivity index (χ3v) is 9.09. The maximum absolute atomic E-state index is 6.17. The van der Waals surface area contributed by atoms with E-state index in [1.165, 1.54) is 35.1 Å². The van der Waals surface area contributed by atoms with E-state index in [1.807, 2.05) is 0 Å². The molecular weight excluding hydrogens is 496 g/mol. The van der Waals surface area contributed by atoms with Crippen molar-refractivity contribution in [2.24, 2.45) is 11.3 Å². The first kappa shape index (κ1) is 27.2. The van der Waals surface area contributed by atoms with Gasteiger partial charge in [-0.15, -0.1) is 0 Å². The van der Waals surface area contributed by atoms with Gasteiger partial charge in [0.05, 0.1) is 0 Å². The average molecular weight is 541 g/mol. The highest BCUT2D eigenvalue weighted by Gasteiger charge is 2.45. The third-order valence-electron chi connectivity index (χ3n) is 8.46. The van der Waals surface area contributed by atoms with E-state index >= 15 is 0 Å². The van der Waals surface area contributed by atoms with Gasteiger partial charge in [0, 0.05) is 42.7 Å². The number of hydrogen-bond donors (Lipinski definition) is 2. The molecule has 0 aromatic heterocycles. The molecule has 1 saturated carbocycles. The summed E-state index contributed by atoms with van der Waals surface area (Å²) in [6.45, 7) is 12.6. The predicted molar refractivity (Wildman–Crippen MR) is 159 cm³/mol. The van der Waals surface area contributed by atoms with E-state index in [-0.39, 0.29) is 10.8 Å². The number of rotatable bonds is 8. The topological polar surface area (TPSA) is 24.9 Å². The van der Waals surface area contributed by atoms with Crippen LogP contribution >= 0.6 is 25.3 Å². The molecule has 0 radical (unpaired) electrons. The van der Waals surface area contributed by atoms with Gasteiger partial charge in [-0.3, -0.25) is 9.80 Å². The van der Waals surface area contributed by atoms with Gasteiger partial charge in [-0.25, -0.2) is 0 Å². The number of hydrogen-bond acceptors (Lipinski definition) is 6. The van der Waals surface area contributed by atoms with Crippen molar-refractivity contribution in [1.82, 2.24) is 9.80 Å². The van der Waals surface area contributed by atoms with Crippen LogP contribution in [0, 0.1) is 11.3 Å². The van der Waals surface area contributed by atoms with Crippen molar-refractivity contribution in [3.05, 3.63) is 58.7 Å². The first-order chi connectivity index (χ1) is 17.8. The summed E-state index contributed by atoms with van der Waals surface area (Å²) in [6, 6.07) is 14.1. The van der Waals surface area contributed by atoms with Crippen LogP contribution in [0.3, 0.4) is 0 Å². The second kappa shape index (κ2) is 11.4. The number of nitrogens with zero attached hydrogens (tertiary/aromatic N) is 2. The van der Waals surface area contributed by atoms with Crippen LogP contribution in [0.15, 0.2) is 36.4 Å². The molecule has 6 heteroatoms. The minimum absolute atomic E-state index is 0.0218. The van der Waals surface area contributed by atoms with E-state index in [0.717, 1.165) is 68.4 Å². The van der Waals surface area contributed by atoms with Crippen LogP contribution in [-0.2, 0) is 18.5 Å². The molecule has 2 aliphatic heterocycles. The zero-order chi connectivity index (χ0) is 26.0. The lowest BCUT2D eigenvalue weighted by Gasteiger charge is -2.49. The molecule has 1 atom stereocenters. The lowest BCUT2D eigenvalue weighted by atomic mass is 9.55. The van der Waals surface area contributed by atoms with E-state index in [4.69, 9.17) is 9.47 Å². The summed E-state index contributed by atoms with van der Waals surface area (Å²) in [4.78, 5) is 4.80. The van der Waals surface area contributed by atoms with E-state index in [1.54, 1.807) is 0 Å². The summed E-state index contributed by atoms with van der Waals surface area (Å²) < 4.78 is 12.3. The average Bonchev–Trinajstić information content (AvgIpc) is 2.88. The van der Waals surface area contributed by atoms with Crippen LogP contribution < -0.4 is 9.47 Å². The Morgan fingerprint density at radius 1 is 0.811 bits per heavy atom. The molecule has 5 rings (SSSR count). The van der Waals surface area contributed by atoms with Gasteiger partial charge in [0.2, 0.25) is 0 Å². The normalized spacial score (nSPS) is 23.0. The molecule has 0 amide bonds. The highest BCUT2D eigenvalue weighted by molar-refractivity contribution is 7.80. The first-order valence-electron chi connectivity index (χ1n) is 14.0. The molecular formula is C31H44N2O2S2. The summed E-state index contributed by atoms with van der Waals surface area (Å²) in [5.74, 6) is 4.56. The van der Waals surface area contributed by atoms with Crippen LogP contribution in [0.25, 0.3) is 0 Å². The number of thiol groups is 2. The fraction of sp³-hybridized carbons (Fsp3) is 0.613. The van der Waals surface area contributed by atoms with E-state index in [0.29, 0.717) is 19.4 Å². The maximum Gasteiger partial charge on any atom is 0.142 e. The standard InChI is InChI=1S/C31H44N2O2S2/c1-23-16-30(2,3)20-31(17-23,26-6-8-28-24(14-26)18-32(21-34-28)10-4-12-36)27-7-9-29-25(15-27)19-33(22-35-29)11-5-13-37/h6-9,14-15,23,36-37H,4-5,10-13,16-22H2,1-3H3. The summed E-state index contributed by atoms with van der Waals surface area (Å²) >= 11 is 8.82. The molecule has 3 aliphatic rings. The smallest absolute Gasteiger partial charge is 0.142 e. The SMILES string of the molecule is CC1CC(C)(C)CC(c2ccc3c(c2)CN(CCCS)CO3)(c2ccc3c(c2)CN(CCCS)CO3)C1. The Morgan fingerprint density at radius 3 is 1.78 bits per heavy atom. The zero-order valence-corrected chi connectivity index (χ0v) is 24.6. The Hall–Kier alpha value is -1.34. The molecule has 0 saturated heterocycles. The van der Waals surface area contributed by atoms with Crippen LogP contribution in [0.5, 0.6) is 11.5 Å². The minimum Gasteiger partial charge on any atom is -0.478 e. The Balaban J connectivity index is 1.53. The molecule has 1 unspecified atom stereocenters. The molecule has 2 aromatic carbocycles. The van der Waals surface area contributed by atoms with E-state index < -0.39 is 0 Å². The minimum atomic E-state index is -0.0218. The molecule has 0 N–H and O–H groups in total. The van der Waals surface area contributed by atoms with Gasteiger partial charge in [0.25, 0.3) is 0 Å². The zero-order valence-electron chi connectivity index (χ0n) is 22.8. The first-order valence-corrected chi connectivity index (χ1v) is 15.3. The third kappa shape index (κ3) is 5.98. The van der Waals surface area contributed by atoms with Gasteiger partial charge in [-0.1, -0.05) is 32.9 Å². The van der Waals surface area contributed by atoms with Crippen LogP contribution in [-0.4, -0.2) is 47.9 Å². The van der Waals surface area contributed by atoms with Crippen LogP contribution in [0.4, 0.5) is 0 Å². The summed E-state index contributed by atoms with van der Waals surface area (Å²) in [5.41, 5.74) is 5.76. The molecule has 37 heavy (non-hydrogen) atoms. The monoisotopic (exact) mass is 540 g/mol. The van der Waals surface area contributed by atoms with Gasteiger partial charge in [0.15, 0.2) is 0 Å². The molecule has 0 bridgehead atoms. The second-order valence-corrected chi connectivity index (χ2v) is 13.3. The Labute approximate surface area is 234 Å². The summed E-state index contributed by atoms with van der Waals surface area (Å²) in [6.07, 6.45) is 5.75. The van der Waals surface area contributed by atoms with Gasteiger partial charge in [0.1, 0.15) is 25.0 Å². The lowest BCUT2D eigenvalue weighted by Crippen LogP contribution is -2.41. The Morgan fingerprint density at radius 2 is 1.32 bits per heavy atom. The molecule has 1 fully saturated rings. The van der Waals surface area contributed by atoms with Gasteiger partial charge < -0.3 is 9.47 Å². The maximum atomic E-state index is 6.17. The molecule has 1 aliphatic carbocycles. The molecule has 202 valence electrons. The Kier molecular flexibility index (Phi) is 8.40. The highest BCUT2D eigenvalue weighted by atomic mass is 32.1. The summed E-state index contributed by atoms with van der Waals surface area (Å²) in [7, 11) is 0. The number of ether oxygens (including phenoxy) is 2. The second-order valence-electron chi connectivity index (χ2n) is 12.4. The van der Waals surface area contributed by atoms with Crippen molar-refractivity contribution < 1.29 is 9.47 Å². The van der Waals surface area contributed by atoms with Crippen molar-refractivity contribution in [1.29, 1.82) is 0 Å². The van der Waals surface area contributed by atoms with E-state index in [2.05, 4.69) is 92.2 Å². The highest BCUT2D eigenvalue weighted by Crippen LogP contribution is 2.54. The van der Waals surface area contributed by atoms with E-state index in [9.17, 15) is 0 Å². The number of fused-ring (bicyclic) bond motifs is 2. The largest absolute Gasteiger partial charge is 0.478 e. The van der Waals surface area contributed by atoms with Crippen LogP contribution in [0.2, 0.25) is 0 Å². The fourth-order valence-corrected chi connectivity index (χ4v) is 7.51. The Bertz CT molecular complexity index is 1020. The molecule has 0 spiro atoms. The lowest BCUT2D eigenvalue weighted by molar-refractivity contribution is 0.0943. The molecule has 2 aromatic rings. The van der Waals surface area contributed by atoms with Crippen molar-refractivity contribution in [2.75, 3.05) is 38.1 Å². The summed E-state index contributed by atoms with van der Waals surface area (Å²) in [5, 5.41) is 0. The number of benzene rings is 2. The van der Waals surface area contributed by atoms with Gasteiger partial charge >= 0.3 is 0 Å². The van der Waals surface area contributed by atoms with Gasteiger partial charge in [-0.05, 0) is 90.3 Å². The molecule has 4 nitrogen and oxygen atoms in total. The quantitative estimate of drug-likeness (QED) is 0.361. The molecule has 2 heterocycles. The van der Waals surface area contributed by atoms with Crippen molar-refractivity contribution >= 4 is 25.3 Å². The van der Waals surface area contributed by atoms with Crippen molar-refractivity contribution in [3.8, 4) is 11.5 Å². The van der Waals surface area contributed by atoms with Crippen molar-refractivity contribution in [2.45, 2.75) is 71.4 Å². The predicted octanol–water partition coefficient (Wildman–Crippen LogP) is 6.76. The van der Waals surface area contributed by atoms with Crippen molar-refractivity contribution in [3.63, 3.8) is 0 Å². The van der Waals surface area contributed by atoms with Gasteiger partial charge in [-0.2, -0.15) is 25.3 Å².